The molecule has 15 heavy (non-hydrogen) atoms. The molecule has 1 heterocycles. The van der Waals surface area contributed by atoms with E-state index >= 15 is 0 Å². The molecule has 0 saturated carbocycles. The van der Waals surface area contributed by atoms with Gasteiger partial charge < -0.3 is 9.84 Å². The van der Waals surface area contributed by atoms with Gasteiger partial charge in [0.1, 0.15) is 5.56 Å². The lowest BCUT2D eigenvalue weighted by Crippen LogP contribution is -2.09. The van der Waals surface area contributed by atoms with Gasteiger partial charge in [-0.2, -0.15) is 5.10 Å². The van der Waals surface area contributed by atoms with Gasteiger partial charge in [-0.25, -0.2) is 4.79 Å². The average Bonchev–Trinajstić information content (AvgIpc) is 2.42. The largest absolute Gasteiger partial charge is 0.478 e. The molecule has 5 heteroatoms. The van der Waals surface area contributed by atoms with Crippen molar-refractivity contribution in [3.8, 4) is 0 Å². The zero-order valence-corrected chi connectivity index (χ0v) is 9.28. The molecule has 5 nitrogen and oxygen atoms in total. The van der Waals surface area contributed by atoms with Crippen molar-refractivity contribution in [3.05, 3.63) is 17.0 Å². The Labute approximate surface area is 88.7 Å². The van der Waals surface area contributed by atoms with E-state index in [0.717, 1.165) is 0 Å². The zero-order valence-electron chi connectivity index (χ0n) is 9.28. The number of hydrogen-bond acceptors (Lipinski definition) is 3. The van der Waals surface area contributed by atoms with Gasteiger partial charge in [0.15, 0.2) is 0 Å². The van der Waals surface area contributed by atoms with E-state index in [4.69, 9.17) is 9.84 Å². The summed E-state index contributed by atoms with van der Waals surface area (Å²) in [5, 5.41) is 13.1. The smallest absolute Gasteiger partial charge is 0.339 e. The standard InChI is InChI=1S/C10H16N2O3/c1-4-15-6-5-12-8(3)9(10(13)14)7(2)11-12/h4-6H2,1-3H3,(H,13,14). The third-order valence-corrected chi connectivity index (χ3v) is 2.25. The molecule has 0 radical (unpaired) electrons. The first-order valence-corrected chi connectivity index (χ1v) is 4.93. The van der Waals surface area contributed by atoms with E-state index in [1.165, 1.54) is 0 Å². The van der Waals surface area contributed by atoms with Crippen LogP contribution < -0.4 is 0 Å². The number of aryl methyl sites for hydroxylation is 1. The molecule has 1 rings (SSSR count). The van der Waals surface area contributed by atoms with Crippen molar-refractivity contribution >= 4 is 5.97 Å². The summed E-state index contributed by atoms with van der Waals surface area (Å²) in [6.07, 6.45) is 0. The summed E-state index contributed by atoms with van der Waals surface area (Å²) in [6.45, 7) is 7.18. The first-order chi connectivity index (χ1) is 7.07. The number of carboxylic acid groups (broad SMARTS) is 1. The van der Waals surface area contributed by atoms with Crippen LogP contribution >= 0.6 is 0 Å². The fourth-order valence-electron chi connectivity index (χ4n) is 1.52. The second kappa shape index (κ2) is 4.93. The van der Waals surface area contributed by atoms with Crippen LogP contribution in [0.15, 0.2) is 0 Å². The Kier molecular flexibility index (Phi) is 3.85. The highest BCUT2D eigenvalue weighted by molar-refractivity contribution is 5.90. The van der Waals surface area contributed by atoms with Gasteiger partial charge in [0.25, 0.3) is 0 Å². The maximum atomic E-state index is 10.9. The number of carbonyl (C=O) groups is 1. The molecule has 1 aromatic heterocycles. The number of aromatic nitrogens is 2. The van der Waals surface area contributed by atoms with Gasteiger partial charge in [-0.15, -0.1) is 0 Å². The minimum Gasteiger partial charge on any atom is -0.478 e. The molecule has 0 bridgehead atoms. The summed E-state index contributed by atoms with van der Waals surface area (Å²) < 4.78 is 6.87. The number of ether oxygens (including phenoxy) is 1. The van der Waals surface area contributed by atoms with Crippen molar-refractivity contribution < 1.29 is 14.6 Å². The van der Waals surface area contributed by atoms with Crippen molar-refractivity contribution in [1.82, 2.24) is 9.78 Å². The number of nitrogens with zero attached hydrogens (tertiary/aromatic N) is 2. The van der Waals surface area contributed by atoms with Gasteiger partial charge in [0, 0.05) is 6.61 Å². The Balaban J connectivity index is 2.82. The van der Waals surface area contributed by atoms with Crippen LogP contribution in [0.3, 0.4) is 0 Å². The van der Waals surface area contributed by atoms with Crippen LogP contribution in [0.25, 0.3) is 0 Å². The molecule has 0 atom stereocenters. The van der Waals surface area contributed by atoms with Crippen LogP contribution in [0.2, 0.25) is 0 Å². The minimum absolute atomic E-state index is 0.298. The Morgan fingerprint density at radius 1 is 1.53 bits per heavy atom. The van der Waals surface area contributed by atoms with Gasteiger partial charge in [-0.05, 0) is 20.8 Å². The molecule has 0 spiro atoms. The topological polar surface area (TPSA) is 64.4 Å². The van der Waals surface area contributed by atoms with E-state index in [2.05, 4.69) is 5.10 Å². The summed E-state index contributed by atoms with van der Waals surface area (Å²) in [5.41, 5.74) is 1.53. The van der Waals surface area contributed by atoms with E-state index in [9.17, 15) is 4.79 Å². The summed E-state index contributed by atoms with van der Waals surface area (Å²) in [6, 6.07) is 0. The number of aromatic carboxylic acids is 1. The number of rotatable bonds is 5. The summed E-state index contributed by atoms with van der Waals surface area (Å²) >= 11 is 0. The van der Waals surface area contributed by atoms with Crippen molar-refractivity contribution in [1.29, 1.82) is 0 Å². The molecule has 0 aliphatic heterocycles. The molecule has 0 aromatic carbocycles. The van der Waals surface area contributed by atoms with Crippen LogP contribution in [0.1, 0.15) is 28.7 Å². The van der Waals surface area contributed by atoms with E-state index in [1.54, 1.807) is 18.5 Å². The Morgan fingerprint density at radius 2 is 2.20 bits per heavy atom. The van der Waals surface area contributed by atoms with Crippen molar-refractivity contribution in [2.45, 2.75) is 27.3 Å². The van der Waals surface area contributed by atoms with Gasteiger partial charge in [-0.3, -0.25) is 4.68 Å². The molecular weight excluding hydrogens is 196 g/mol. The maximum absolute atomic E-state index is 10.9. The molecular formula is C10H16N2O3. The first-order valence-electron chi connectivity index (χ1n) is 4.93. The molecule has 0 aliphatic rings. The zero-order chi connectivity index (χ0) is 11.4. The predicted molar refractivity (Wildman–Crippen MR) is 55.2 cm³/mol. The van der Waals surface area contributed by atoms with Crippen LogP contribution in [0.4, 0.5) is 0 Å². The maximum Gasteiger partial charge on any atom is 0.339 e. The summed E-state index contributed by atoms with van der Waals surface area (Å²) in [5.74, 6) is -0.923. The van der Waals surface area contributed by atoms with E-state index < -0.39 is 5.97 Å². The van der Waals surface area contributed by atoms with Crippen LogP contribution in [-0.4, -0.2) is 34.1 Å². The quantitative estimate of drug-likeness (QED) is 0.746. The Morgan fingerprint density at radius 3 is 2.67 bits per heavy atom. The summed E-state index contributed by atoms with van der Waals surface area (Å²) in [7, 11) is 0. The molecule has 0 amide bonds. The summed E-state index contributed by atoms with van der Waals surface area (Å²) in [4.78, 5) is 10.9. The highest BCUT2D eigenvalue weighted by atomic mass is 16.5. The second-order valence-corrected chi connectivity index (χ2v) is 3.27. The lowest BCUT2D eigenvalue weighted by Gasteiger charge is -2.04. The highest BCUT2D eigenvalue weighted by Crippen LogP contribution is 2.12. The molecule has 0 unspecified atom stereocenters. The molecule has 1 aromatic rings. The van der Waals surface area contributed by atoms with Crippen LogP contribution in [0.5, 0.6) is 0 Å². The lowest BCUT2D eigenvalue weighted by molar-refractivity contribution is 0.0695. The lowest BCUT2D eigenvalue weighted by atomic mass is 10.2. The van der Waals surface area contributed by atoms with Crippen LogP contribution in [0, 0.1) is 13.8 Å². The minimum atomic E-state index is -0.923. The van der Waals surface area contributed by atoms with Crippen molar-refractivity contribution in [2.24, 2.45) is 0 Å². The van der Waals surface area contributed by atoms with Gasteiger partial charge >= 0.3 is 5.97 Å². The Hall–Kier alpha value is -1.36. The molecule has 84 valence electrons. The Bertz CT molecular complexity index is 358. The fraction of sp³-hybridized carbons (Fsp3) is 0.600. The molecule has 0 aliphatic carbocycles. The van der Waals surface area contributed by atoms with E-state index in [1.807, 2.05) is 6.92 Å². The normalized spacial score (nSPS) is 10.6. The fourth-order valence-corrected chi connectivity index (χ4v) is 1.52. The monoisotopic (exact) mass is 212 g/mol. The average molecular weight is 212 g/mol. The molecule has 0 saturated heterocycles. The van der Waals surface area contributed by atoms with Gasteiger partial charge in [0.05, 0.1) is 24.5 Å². The number of hydrogen-bond donors (Lipinski definition) is 1. The molecule has 0 fully saturated rings. The third-order valence-electron chi connectivity index (χ3n) is 2.25. The third kappa shape index (κ3) is 2.56. The SMILES string of the molecule is CCOCCn1nc(C)c(C(=O)O)c1C. The first kappa shape index (κ1) is 11.7. The van der Waals surface area contributed by atoms with Crippen LogP contribution in [-0.2, 0) is 11.3 Å². The van der Waals surface area contributed by atoms with Gasteiger partial charge in [-0.1, -0.05) is 0 Å². The van der Waals surface area contributed by atoms with Gasteiger partial charge in [0.2, 0.25) is 0 Å². The molecule has 1 N–H and O–H groups in total. The number of carboxylic acids is 1. The van der Waals surface area contributed by atoms with E-state index in [0.29, 0.717) is 36.7 Å². The van der Waals surface area contributed by atoms with E-state index in [-0.39, 0.29) is 0 Å². The highest BCUT2D eigenvalue weighted by Gasteiger charge is 2.16. The predicted octanol–water partition coefficient (Wildman–Crippen LogP) is 1.23. The second-order valence-electron chi connectivity index (χ2n) is 3.27. The van der Waals surface area contributed by atoms with Crippen molar-refractivity contribution in [3.63, 3.8) is 0 Å². The van der Waals surface area contributed by atoms with Crippen molar-refractivity contribution in [2.75, 3.05) is 13.2 Å².